The van der Waals surface area contributed by atoms with Crippen LogP contribution in [0.3, 0.4) is 0 Å². The summed E-state index contributed by atoms with van der Waals surface area (Å²) >= 11 is 2.87. The van der Waals surface area contributed by atoms with Crippen LogP contribution in [0.5, 0.6) is 0 Å². The van der Waals surface area contributed by atoms with Crippen molar-refractivity contribution in [2.45, 2.75) is 18.0 Å². The van der Waals surface area contributed by atoms with E-state index in [1.807, 2.05) is 34.3 Å². The molecule has 3 aromatic rings. The van der Waals surface area contributed by atoms with Gasteiger partial charge in [-0.2, -0.15) is 9.55 Å². The molecular formula is C19H16N7O6S2+. The van der Waals surface area contributed by atoms with Gasteiger partial charge in [-0.3, -0.25) is 14.5 Å². The third-order valence-corrected chi connectivity index (χ3v) is 7.65. The number of nitrogens with one attached hydrogen (secondary N) is 1. The fraction of sp³-hybridized carbons (Fsp3) is 0.211. The first-order valence-electron chi connectivity index (χ1n) is 9.77. The quantitative estimate of drug-likeness (QED) is 0.115. The standard InChI is InChI=1S/C19H15N7O6S2/c20-19-22-13(24-32-19)10(23-31)14(27)21-11-15(28)26-12(18(29)30)9(7-34-17(11)26)6-25-4-1-2-8-3-5-33-16(8)25/h1-5,11,17H,6-7H2,(H4-,20,21,22,24,27,29,30,31)/p+1/t11?,17-/m1/s1. The van der Waals surface area contributed by atoms with Crippen molar-refractivity contribution in [1.29, 1.82) is 0 Å². The van der Waals surface area contributed by atoms with Crippen molar-refractivity contribution in [3.8, 4) is 0 Å². The number of thioether (sulfide) groups is 1. The molecule has 2 aliphatic heterocycles. The Morgan fingerprint density at radius 3 is 2.94 bits per heavy atom. The Balaban J connectivity index is 1.37. The fourth-order valence-corrected chi connectivity index (χ4v) is 6.07. The summed E-state index contributed by atoms with van der Waals surface area (Å²) in [6, 6.07) is 4.47. The number of aromatic nitrogens is 3. The number of amides is 2. The highest BCUT2D eigenvalue weighted by atomic mass is 32.2. The van der Waals surface area contributed by atoms with Crippen molar-refractivity contribution in [1.82, 2.24) is 20.4 Å². The molecule has 5 rings (SSSR count). The van der Waals surface area contributed by atoms with E-state index in [0.29, 0.717) is 17.9 Å². The second-order valence-corrected chi connectivity index (χ2v) is 9.34. The van der Waals surface area contributed by atoms with Crippen molar-refractivity contribution < 1.29 is 33.8 Å². The lowest BCUT2D eigenvalue weighted by atomic mass is 10.0. The van der Waals surface area contributed by atoms with Crippen molar-refractivity contribution in [2.24, 2.45) is 5.16 Å². The van der Waals surface area contributed by atoms with E-state index in [2.05, 4.69) is 25.1 Å². The van der Waals surface area contributed by atoms with Gasteiger partial charge in [-0.1, -0.05) is 21.6 Å². The first-order chi connectivity index (χ1) is 16.4. The number of nitrogen functional groups attached to an aromatic ring is 1. The molecule has 34 heavy (non-hydrogen) atoms. The maximum Gasteiger partial charge on any atom is 0.352 e. The molecule has 2 aliphatic rings. The summed E-state index contributed by atoms with van der Waals surface area (Å²) < 4.78 is 6.51. The zero-order valence-electron chi connectivity index (χ0n) is 17.1. The predicted octanol–water partition coefficient (Wildman–Crippen LogP) is -0.229. The summed E-state index contributed by atoms with van der Waals surface area (Å²) in [5.74, 6) is -2.76. The number of nitrogens with two attached hydrogens (primary N) is 1. The van der Waals surface area contributed by atoms with E-state index in [0.717, 1.165) is 10.2 Å². The molecule has 174 valence electrons. The molecule has 1 unspecified atom stereocenters. The number of carbonyl (C=O) groups excluding carboxylic acids is 2. The fourth-order valence-electron chi connectivity index (χ4n) is 3.86. The Morgan fingerprint density at radius 2 is 2.24 bits per heavy atom. The first kappa shape index (κ1) is 21.8. The van der Waals surface area contributed by atoms with Gasteiger partial charge < -0.3 is 25.9 Å². The van der Waals surface area contributed by atoms with Crippen LogP contribution in [0.2, 0.25) is 0 Å². The minimum atomic E-state index is -1.22. The highest BCUT2D eigenvalue weighted by Gasteiger charge is 2.55. The van der Waals surface area contributed by atoms with E-state index in [4.69, 9.17) is 5.73 Å². The lowest BCUT2D eigenvalue weighted by molar-refractivity contribution is -0.661. The molecule has 15 heteroatoms. The number of fused-ring (bicyclic) bond motifs is 2. The normalized spacial score (nSPS) is 20.3. The number of carbonyl (C=O) groups is 3. The van der Waals surface area contributed by atoms with Gasteiger partial charge in [0.05, 0.1) is 5.39 Å². The van der Waals surface area contributed by atoms with E-state index in [1.165, 1.54) is 16.7 Å². The molecule has 13 nitrogen and oxygen atoms in total. The molecule has 3 aromatic heterocycles. The zero-order valence-corrected chi connectivity index (χ0v) is 18.7. The molecule has 5 heterocycles. The SMILES string of the molecule is Nc1nc(C(=NO)C(=O)NC2C(=O)N3C(C(=O)O)=C(C[n+]4cccc5ccsc54)CS[C@H]23)no1. The summed E-state index contributed by atoms with van der Waals surface area (Å²) in [4.78, 5) is 43.4. The van der Waals surface area contributed by atoms with E-state index >= 15 is 0 Å². The number of nitrogens with zero attached hydrogens (tertiary/aromatic N) is 5. The molecule has 0 aromatic carbocycles. The highest BCUT2D eigenvalue weighted by molar-refractivity contribution is 8.00. The van der Waals surface area contributed by atoms with Gasteiger partial charge in [-0.05, 0) is 17.5 Å². The Kier molecular flexibility index (Phi) is 5.41. The average Bonchev–Trinajstić information content (AvgIpc) is 3.47. The monoisotopic (exact) mass is 502 g/mol. The molecule has 0 saturated carbocycles. The van der Waals surface area contributed by atoms with Crippen LogP contribution in [0.25, 0.3) is 10.2 Å². The van der Waals surface area contributed by atoms with Gasteiger partial charge in [-0.25, -0.2) is 4.79 Å². The largest absolute Gasteiger partial charge is 0.477 e. The smallest absolute Gasteiger partial charge is 0.352 e. The molecule has 0 aliphatic carbocycles. The summed E-state index contributed by atoms with van der Waals surface area (Å²) in [6.07, 6.45) is 1.86. The number of pyridine rings is 1. The molecule has 0 spiro atoms. The second kappa shape index (κ2) is 8.42. The Labute approximate surface area is 198 Å². The minimum Gasteiger partial charge on any atom is -0.477 e. The van der Waals surface area contributed by atoms with Crippen LogP contribution in [0.1, 0.15) is 5.82 Å². The Hall–Kier alpha value is -3.98. The second-order valence-electron chi connectivity index (χ2n) is 7.34. The van der Waals surface area contributed by atoms with E-state index in [9.17, 15) is 24.7 Å². The van der Waals surface area contributed by atoms with Gasteiger partial charge in [0.25, 0.3) is 16.6 Å². The minimum absolute atomic E-state index is 0.0951. The van der Waals surface area contributed by atoms with Crippen LogP contribution in [-0.2, 0) is 20.9 Å². The number of hydrogen-bond acceptors (Lipinski definition) is 11. The number of thiophene rings is 1. The predicted molar refractivity (Wildman–Crippen MR) is 119 cm³/mol. The van der Waals surface area contributed by atoms with Gasteiger partial charge in [0.1, 0.15) is 17.1 Å². The van der Waals surface area contributed by atoms with Gasteiger partial charge >= 0.3 is 12.0 Å². The number of β-lactam (4-membered cyclic amide) rings is 1. The van der Waals surface area contributed by atoms with Crippen molar-refractivity contribution >= 4 is 62.8 Å². The molecular weight excluding hydrogens is 486 g/mol. The number of hydrogen-bond donors (Lipinski definition) is 4. The Bertz CT molecular complexity index is 1400. The van der Waals surface area contributed by atoms with Crippen LogP contribution in [-0.4, -0.2) is 66.0 Å². The summed E-state index contributed by atoms with van der Waals surface area (Å²) in [7, 11) is 0. The van der Waals surface area contributed by atoms with Crippen LogP contribution < -0.4 is 15.6 Å². The highest BCUT2D eigenvalue weighted by Crippen LogP contribution is 2.40. The number of oxime groups is 1. The molecule has 1 fully saturated rings. The molecule has 5 N–H and O–H groups in total. The maximum absolute atomic E-state index is 12.9. The van der Waals surface area contributed by atoms with E-state index in [-0.39, 0.29) is 17.5 Å². The molecule has 1 saturated heterocycles. The zero-order chi connectivity index (χ0) is 24.0. The lowest BCUT2D eigenvalue weighted by Crippen LogP contribution is -2.71. The van der Waals surface area contributed by atoms with E-state index < -0.39 is 34.9 Å². The number of rotatable bonds is 6. The van der Waals surface area contributed by atoms with Gasteiger partial charge in [0.15, 0.2) is 12.7 Å². The average molecular weight is 503 g/mol. The maximum atomic E-state index is 12.9. The number of anilines is 1. The Morgan fingerprint density at radius 1 is 1.41 bits per heavy atom. The topological polar surface area (TPSA) is 188 Å². The van der Waals surface area contributed by atoms with Gasteiger partial charge in [0, 0.05) is 17.4 Å². The lowest BCUT2D eigenvalue weighted by Gasteiger charge is -2.49. The molecule has 2 atom stereocenters. The molecule has 0 radical (unpaired) electrons. The summed E-state index contributed by atoms with van der Waals surface area (Å²) in [6.45, 7) is 0.306. The van der Waals surface area contributed by atoms with Crippen LogP contribution >= 0.6 is 23.1 Å². The molecule has 0 bridgehead atoms. The van der Waals surface area contributed by atoms with Crippen LogP contribution in [0, 0.1) is 0 Å². The van der Waals surface area contributed by atoms with E-state index in [1.54, 1.807) is 11.3 Å². The van der Waals surface area contributed by atoms with Crippen molar-refractivity contribution in [2.75, 3.05) is 11.5 Å². The number of carboxylic acid groups (broad SMARTS) is 1. The van der Waals surface area contributed by atoms with Crippen molar-refractivity contribution in [3.05, 3.63) is 46.9 Å². The molecule has 2 amide bonds. The number of carboxylic acids is 1. The van der Waals surface area contributed by atoms with Gasteiger partial charge in [-0.15, -0.1) is 11.8 Å². The van der Waals surface area contributed by atoms with Crippen molar-refractivity contribution in [3.63, 3.8) is 0 Å². The first-order valence-corrected chi connectivity index (χ1v) is 11.7. The summed E-state index contributed by atoms with van der Waals surface area (Å²) in [5.41, 5.74) is 5.21. The summed E-state index contributed by atoms with van der Waals surface area (Å²) in [5, 5.41) is 30.2. The van der Waals surface area contributed by atoms with Crippen LogP contribution in [0.15, 0.2) is 50.7 Å². The third-order valence-electron chi connectivity index (χ3n) is 5.34. The third kappa shape index (κ3) is 3.54. The van der Waals surface area contributed by atoms with Gasteiger partial charge in [0.2, 0.25) is 11.5 Å². The van der Waals surface area contributed by atoms with Crippen LogP contribution in [0.4, 0.5) is 6.01 Å². The number of aliphatic carboxylic acids is 1.